The standard InChI is InChI=1S/C8H12N4O2/c1-5-9-8(14-12-5)11-7(13)10-6-3-2-4-6/h6H,2-4H2,1H3,(H2,9,10,11,12,13). The lowest BCUT2D eigenvalue weighted by Crippen LogP contribution is -2.41. The minimum atomic E-state index is -0.279. The van der Waals surface area contributed by atoms with E-state index in [0.717, 1.165) is 12.8 Å². The zero-order chi connectivity index (χ0) is 9.97. The van der Waals surface area contributed by atoms with Crippen LogP contribution in [0, 0.1) is 6.92 Å². The lowest BCUT2D eigenvalue weighted by atomic mass is 9.93. The zero-order valence-corrected chi connectivity index (χ0v) is 7.91. The van der Waals surface area contributed by atoms with Crippen LogP contribution in [0.5, 0.6) is 0 Å². The van der Waals surface area contributed by atoms with Crippen LogP contribution in [0.4, 0.5) is 10.8 Å². The molecule has 0 unspecified atom stereocenters. The zero-order valence-electron chi connectivity index (χ0n) is 7.91. The number of hydrogen-bond acceptors (Lipinski definition) is 4. The normalized spacial score (nSPS) is 16.1. The van der Waals surface area contributed by atoms with Crippen LogP contribution in [0.3, 0.4) is 0 Å². The number of urea groups is 1. The second kappa shape index (κ2) is 3.65. The first kappa shape index (κ1) is 8.98. The maximum absolute atomic E-state index is 11.3. The molecule has 0 spiro atoms. The van der Waals surface area contributed by atoms with E-state index in [4.69, 9.17) is 4.52 Å². The SMILES string of the molecule is Cc1noc(NC(=O)NC2CCC2)n1. The molecule has 2 N–H and O–H groups in total. The second-order valence-corrected chi connectivity index (χ2v) is 3.37. The van der Waals surface area contributed by atoms with E-state index >= 15 is 0 Å². The molecule has 2 rings (SSSR count). The summed E-state index contributed by atoms with van der Waals surface area (Å²) in [7, 11) is 0. The first-order valence-corrected chi connectivity index (χ1v) is 4.62. The monoisotopic (exact) mass is 196 g/mol. The number of nitrogens with one attached hydrogen (secondary N) is 2. The smallest absolute Gasteiger partial charge is 0.329 e. The molecule has 6 heteroatoms. The van der Waals surface area contributed by atoms with Gasteiger partial charge in [-0.1, -0.05) is 5.16 Å². The van der Waals surface area contributed by atoms with Gasteiger partial charge in [0.25, 0.3) is 0 Å². The molecule has 1 heterocycles. The summed E-state index contributed by atoms with van der Waals surface area (Å²) in [6.07, 6.45) is 3.29. The van der Waals surface area contributed by atoms with E-state index in [1.165, 1.54) is 6.42 Å². The topological polar surface area (TPSA) is 80.0 Å². The van der Waals surface area contributed by atoms with E-state index in [0.29, 0.717) is 11.9 Å². The summed E-state index contributed by atoms with van der Waals surface area (Å²) in [5.41, 5.74) is 0. The van der Waals surface area contributed by atoms with Crippen molar-refractivity contribution < 1.29 is 9.32 Å². The van der Waals surface area contributed by atoms with Crippen LogP contribution in [-0.4, -0.2) is 22.2 Å². The largest absolute Gasteiger partial charge is 0.335 e. The van der Waals surface area contributed by atoms with E-state index in [-0.39, 0.29) is 12.0 Å². The molecule has 0 saturated heterocycles. The molecule has 2 amide bonds. The van der Waals surface area contributed by atoms with Crippen molar-refractivity contribution >= 4 is 12.0 Å². The molecule has 1 aliphatic carbocycles. The molecule has 0 radical (unpaired) electrons. The summed E-state index contributed by atoms with van der Waals surface area (Å²) in [5.74, 6) is 0.504. The summed E-state index contributed by atoms with van der Waals surface area (Å²) >= 11 is 0. The number of aryl methyl sites for hydroxylation is 1. The van der Waals surface area contributed by atoms with Gasteiger partial charge < -0.3 is 9.84 Å². The minimum absolute atomic E-state index is 0.138. The van der Waals surface area contributed by atoms with Crippen LogP contribution < -0.4 is 10.6 Å². The van der Waals surface area contributed by atoms with Gasteiger partial charge in [0.15, 0.2) is 5.82 Å². The number of anilines is 1. The van der Waals surface area contributed by atoms with E-state index in [2.05, 4.69) is 20.8 Å². The Morgan fingerprint density at radius 3 is 2.86 bits per heavy atom. The second-order valence-electron chi connectivity index (χ2n) is 3.37. The number of rotatable bonds is 2. The van der Waals surface area contributed by atoms with Crippen molar-refractivity contribution in [3.63, 3.8) is 0 Å². The van der Waals surface area contributed by atoms with Gasteiger partial charge in [-0.05, 0) is 26.2 Å². The van der Waals surface area contributed by atoms with Crippen molar-refractivity contribution in [2.45, 2.75) is 32.2 Å². The van der Waals surface area contributed by atoms with Gasteiger partial charge in [-0.15, -0.1) is 0 Å². The van der Waals surface area contributed by atoms with Crippen molar-refractivity contribution in [3.05, 3.63) is 5.82 Å². The van der Waals surface area contributed by atoms with E-state index < -0.39 is 0 Å². The predicted octanol–water partition coefficient (Wildman–Crippen LogP) is 1.05. The third-order valence-electron chi connectivity index (χ3n) is 2.19. The lowest BCUT2D eigenvalue weighted by Gasteiger charge is -2.25. The quantitative estimate of drug-likeness (QED) is 0.740. The molecule has 14 heavy (non-hydrogen) atoms. The van der Waals surface area contributed by atoms with E-state index in [1.807, 2.05) is 0 Å². The van der Waals surface area contributed by atoms with Gasteiger partial charge >= 0.3 is 12.0 Å². The molecule has 1 aromatic heterocycles. The average molecular weight is 196 g/mol. The Kier molecular flexibility index (Phi) is 2.34. The molecule has 0 bridgehead atoms. The summed E-state index contributed by atoms with van der Waals surface area (Å²) < 4.78 is 4.74. The number of aromatic nitrogens is 2. The number of amides is 2. The maximum atomic E-state index is 11.3. The van der Waals surface area contributed by atoms with Gasteiger partial charge in [-0.2, -0.15) is 4.98 Å². The first-order chi connectivity index (χ1) is 6.74. The summed E-state index contributed by atoms with van der Waals surface area (Å²) in [4.78, 5) is 15.1. The van der Waals surface area contributed by atoms with Gasteiger partial charge in [0, 0.05) is 6.04 Å². The summed E-state index contributed by atoms with van der Waals surface area (Å²) in [6, 6.07) is 0.164. The minimum Gasteiger partial charge on any atom is -0.335 e. The summed E-state index contributed by atoms with van der Waals surface area (Å²) in [6.45, 7) is 1.69. The molecule has 6 nitrogen and oxygen atoms in total. The Morgan fingerprint density at radius 2 is 2.36 bits per heavy atom. The van der Waals surface area contributed by atoms with Gasteiger partial charge in [0.05, 0.1) is 0 Å². The van der Waals surface area contributed by atoms with Crippen LogP contribution in [0.1, 0.15) is 25.1 Å². The Bertz CT molecular complexity index is 332. The molecule has 0 atom stereocenters. The highest BCUT2D eigenvalue weighted by atomic mass is 16.5. The van der Waals surface area contributed by atoms with E-state index in [1.54, 1.807) is 6.92 Å². The highest BCUT2D eigenvalue weighted by molar-refractivity contribution is 5.87. The van der Waals surface area contributed by atoms with Crippen LogP contribution >= 0.6 is 0 Å². The average Bonchev–Trinajstić information content (AvgIpc) is 2.44. The van der Waals surface area contributed by atoms with Crippen LogP contribution in [-0.2, 0) is 0 Å². The van der Waals surface area contributed by atoms with Crippen LogP contribution in [0.15, 0.2) is 4.52 Å². The molecule has 1 aliphatic rings. The number of carbonyl (C=O) groups is 1. The van der Waals surface area contributed by atoms with Crippen LogP contribution in [0.25, 0.3) is 0 Å². The fourth-order valence-corrected chi connectivity index (χ4v) is 1.22. The summed E-state index contributed by atoms with van der Waals surface area (Å²) in [5, 5.41) is 8.82. The van der Waals surface area contributed by atoms with Gasteiger partial charge in [0.2, 0.25) is 0 Å². The van der Waals surface area contributed by atoms with Crippen molar-refractivity contribution in [2.75, 3.05) is 5.32 Å². The van der Waals surface area contributed by atoms with E-state index in [9.17, 15) is 4.79 Å². The molecule has 0 aliphatic heterocycles. The van der Waals surface area contributed by atoms with Gasteiger partial charge in [-0.3, -0.25) is 5.32 Å². The highest BCUT2D eigenvalue weighted by Crippen LogP contribution is 2.17. The Morgan fingerprint density at radius 1 is 1.57 bits per heavy atom. The molecule has 0 aromatic carbocycles. The van der Waals surface area contributed by atoms with Gasteiger partial charge in [0.1, 0.15) is 0 Å². The Balaban J connectivity index is 1.81. The molecule has 1 saturated carbocycles. The lowest BCUT2D eigenvalue weighted by molar-refractivity contribution is 0.239. The number of nitrogens with zero attached hydrogens (tertiary/aromatic N) is 2. The van der Waals surface area contributed by atoms with Crippen molar-refractivity contribution in [1.82, 2.24) is 15.5 Å². The molecular weight excluding hydrogens is 184 g/mol. The highest BCUT2D eigenvalue weighted by Gasteiger charge is 2.19. The molecule has 76 valence electrons. The number of hydrogen-bond donors (Lipinski definition) is 2. The third kappa shape index (κ3) is 2.01. The van der Waals surface area contributed by atoms with Crippen molar-refractivity contribution in [2.24, 2.45) is 0 Å². The third-order valence-corrected chi connectivity index (χ3v) is 2.19. The number of carbonyl (C=O) groups excluding carboxylic acids is 1. The first-order valence-electron chi connectivity index (χ1n) is 4.62. The van der Waals surface area contributed by atoms with Crippen LogP contribution in [0.2, 0.25) is 0 Å². The molecular formula is C8H12N4O2. The molecule has 1 aromatic rings. The maximum Gasteiger partial charge on any atom is 0.329 e. The van der Waals surface area contributed by atoms with Gasteiger partial charge in [-0.25, -0.2) is 4.79 Å². The van der Waals surface area contributed by atoms with Crippen molar-refractivity contribution in [3.8, 4) is 0 Å². The Hall–Kier alpha value is -1.59. The predicted molar refractivity (Wildman–Crippen MR) is 48.8 cm³/mol. The fraction of sp³-hybridized carbons (Fsp3) is 0.625. The molecule has 1 fully saturated rings. The Labute approximate surface area is 81.1 Å². The van der Waals surface area contributed by atoms with Crippen molar-refractivity contribution in [1.29, 1.82) is 0 Å². The fourth-order valence-electron chi connectivity index (χ4n) is 1.22.